The molecule has 0 bridgehead atoms. The van der Waals surface area contributed by atoms with Gasteiger partial charge in [0.15, 0.2) is 0 Å². The fourth-order valence-electron chi connectivity index (χ4n) is 1.77. The number of nitro benzene ring substituents is 1. The largest absolute Gasteiger partial charge is 0.375 e. The normalized spacial score (nSPS) is 10.2. The molecule has 0 heterocycles. The highest BCUT2D eigenvalue weighted by Gasteiger charge is 2.13. The maximum atomic E-state index is 11.0. The zero-order chi connectivity index (χ0) is 13.8. The van der Waals surface area contributed by atoms with E-state index in [9.17, 15) is 10.1 Å². The van der Waals surface area contributed by atoms with Crippen molar-refractivity contribution in [3.05, 3.63) is 68.2 Å². The third kappa shape index (κ3) is 3.32. The van der Waals surface area contributed by atoms with Crippen LogP contribution < -0.4 is 5.32 Å². The molecular weight excluding hydrogens is 308 g/mol. The molecule has 2 rings (SSSR count). The highest BCUT2D eigenvalue weighted by molar-refractivity contribution is 9.10. The first-order chi connectivity index (χ1) is 9.08. The van der Waals surface area contributed by atoms with Crippen LogP contribution in [0.3, 0.4) is 0 Å². The van der Waals surface area contributed by atoms with Crippen molar-refractivity contribution >= 4 is 27.3 Å². The molecule has 19 heavy (non-hydrogen) atoms. The second-order valence-corrected chi connectivity index (χ2v) is 5.08. The molecular formula is C14H13BrN2O2. The van der Waals surface area contributed by atoms with Crippen LogP contribution in [0.5, 0.6) is 0 Å². The minimum absolute atomic E-state index is 0.104. The number of rotatable bonds is 4. The molecule has 0 aliphatic heterocycles. The molecule has 0 atom stereocenters. The molecule has 1 N–H and O–H groups in total. The summed E-state index contributed by atoms with van der Waals surface area (Å²) in [6, 6.07) is 13.0. The van der Waals surface area contributed by atoms with Gasteiger partial charge in [0.1, 0.15) is 5.69 Å². The first-order valence-electron chi connectivity index (χ1n) is 5.80. The molecule has 2 aromatic carbocycles. The minimum atomic E-state index is -0.366. The summed E-state index contributed by atoms with van der Waals surface area (Å²) in [5.41, 5.74) is 2.56. The summed E-state index contributed by atoms with van der Waals surface area (Å²) in [5, 5.41) is 14.1. The number of aryl methyl sites for hydroxylation is 1. The fourth-order valence-corrected chi connectivity index (χ4v) is 2.20. The van der Waals surface area contributed by atoms with Crippen LogP contribution >= 0.6 is 15.9 Å². The number of hydrogen-bond donors (Lipinski definition) is 1. The van der Waals surface area contributed by atoms with E-state index in [0.717, 1.165) is 15.6 Å². The molecule has 0 aromatic heterocycles. The Morgan fingerprint density at radius 2 is 2.00 bits per heavy atom. The summed E-state index contributed by atoms with van der Waals surface area (Å²) in [5.74, 6) is 0. The third-order valence-electron chi connectivity index (χ3n) is 2.78. The van der Waals surface area contributed by atoms with Crippen LogP contribution in [0.15, 0.2) is 46.9 Å². The van der Waals surface area contributed by atoms with Crippen LogP contribution in [-0.4, -0.2) is 4.92 Å². The summed E-state index contributed by atoms with van der Waals surface area (Å²) in [6.07, 6.45) is 0. The lowest BCUT2D eigenvalue weighted by molar-refractivity contribution is -0.384. The van der Waals surface area contributed by atoms with E-state index in [2.05, 4.69) is 21.2 Å². The standard InChI is InChI=1S/C14H13BrN2O2/c1-10-6-7-13(14(8-10)17(18)19)16-9-11-4-2-3-5-12(11)15/h2-8,16H,9H2,1H3. The van der Waals surface area contributed by atoms with Crippen molar-refractivity contribution in [2.45, 2.75) is 13.5 Å². The maximum Gasteiger partial charge on any atom is 0.292 e. The predicted molar refractivity (Wildman–Crippen MR) is 79.3 cm³/mol. The molecule has 0 radical (unpaired) electrons. The summed E-state index contributed by atoms with van der Waals surface area (Å²) in [7, 11) is 0. The minimum Gasteiger partial charge on any atom is -0.375 e. The first kappa shape index (κ1) is 13.5. The summed E-state index contributed by atoms with van der Waals surface area (Å²) >= 11 is 3.46. The van der Waals surface area contributed by atoms with Crippen molar-refractivity contribution < 1.29 is 4.92 Å². The highest BCUT2D eigenvalue weighted by atomic mass is 79.9. The molecule has 0 fully saturated rings. The van der Waals surface area contributed by atoms with Crippen molar-refractivity contribution in [1.82, 2.24) is 0 Å². The van der Waals surface area contributed by atoms with Gasteiger partial charge in [-0.05, 0) is 30.2 Å². The van der Waals surface area contributed by atoms with Gasteiger partial charge in [0, 0.05) is 17.1 Å². The van der Waals surface area contributed by atoms with E-state index in [0.29, 0.717) is 12.2 Å². The molecule has 0 spiro atoms. The Morgan fingerprint density at radius 1 is 1.26 bits per heavy atom. The Kier molecular flexibility index (Phi) is 4.16. The van der Waals surface area contributed by atoms with Gasteiger partial charge < -0.3 is 5.32 Å². The summed E-state index contributed by atoms with van der Waals surface area (Å²) < 4.78 is 0.984. The Hall–Kier alpha value is -1.88. The molecule has 0 saturated heterocycles. The molecule has 0 unspecified atom stereocenters. The van der Waals surface area contributed by atoms with E-state index in [1.165, 1.54) is 0 Å². The van der Waals surface area contributed by atoms with E-state index >= 15 is 0 Å². The zero-order valence-corrected chi connectivity index (χ0v) is 12.0. The average molecular weight is 321 g/mol. The van der Waals surface area contributed by atoms with Gasteiger partial charge in [-0.15, -0.1) is 0 Å². The molecule has 98 valence electrons. The number of nitrogens with zero attached hydrogens (tertiary/aromatic N) is 1. The Balaban J connectivity index is 2.20. The van der Waals surface area contributed by atoms with E-state index < -0.39 is 0 Å². The van der Waals surface area contributed by atoms with Gasteiger partial charge in [0.2, 0.25) is 0 Å². The average Bonchev–Trinajstić information content (AvgIpc) is 2.38. The molecule has 0 saturated carbocycles. The molecule has 2 aromatic rings. The second-order valence-electron chi connectivity index (χ2n) is 4.22. The van der Waals surface area contributed by atoms with Gasteiger partial charge in [-0.1, -0.05) is 40.2 Å². The topological polar surface area (TPSA) is 55.2 Å². The number of anilines is 1. The number of benzene rings is 2. The van der Waals surface area contributed by atoms with E-state index in [1.807, 2.05) is 37.3 Å². The van der Waals surface area contributed by atoms with Crippen LogP contribution in [0.4, 0.5) is 11.4 Å². The Bertz CT molecular complexity index is 614. The SMILES string of the molecule is Cc1ccc(NCc2ccccc2Br)c([N+](=O)[O-])c1. The van der Waals surface area contributed by atoms with Crippen LogP contribution in [0.2, 0.25) is 0 Å². The number of nitrogens with one attached hydrogen (secondary N) is 1. The molecule has 0 amide bonds. The molecule has 5 heteroatoms. The lowest BCUT2D eigenvalue weighted by Crippen LogP contribution is -2.03. The third-order valence-corrected chi connectivity index (χ3v) is 3.55. The van der Waals surface area contributed by atoms with E-state index in [-0.39, 0.29) is 10.6 Å². The zero-order valence-electron chi connectivity index (χ0n) is 10.4. The van der Waals surface area contributed by atoms with Gasteiger partial charge >= 0.3 is 0 Å². The van der Waals surface area contributed by atoms with E-state index in [4.69, 9.17) is 0 Å². The van der Waals surface area contributed by atoms with Crippen molar-refractivity contribution in [2.75, 3.05) is 5.32 Å². The van der Waals surface area contributed by atoms with Gasteiger partial charge in [-0.25, -0.2) is 0 Å². The Labute approximate surface area is 119 Å². The van der Waals surface area contributed by atoms with E-state index in [1.54, 1.807) is 12.1 Å². The Morgan fingerprint density at radius 3 is 2.68 bits per heavy atom. The lowest BCUT2D eigenvalue weighted by atomic mass is 10.1. The molecule has 0 aliphatic rings. The smallest absolute Gasteiger partial charge is 0.292 e. The number of nitro groups is 1. The van der Waals surface area contributed by atoms with Crippen LogP contribution in [0.25, 0.3) is 0 Å². The summed E-state index contributed by atoms with van der Waals surface area (Å²) in [6.45, 7) is 2.37. The van der Waals surface area contributed by atoms with Crippen molar-refractivity contribution in [1.29, 1.82) is 0 Å². The van der Waals surface area contributed by atoms with Crippen LogP contribution in [-0.2, 0) is 6.54 Å². The number of halogens is 1. The lowest BCUT2D eigenvalue weighted by Gasteiger charge is -2.09. The van der Waals surface area contributed by atoms with Crippen LogP contribution in [0.1, 0.15) is 11.1 Å². The van der Waals surface area contributed by atoms with Gasteiger partial charge in [-0.3, -0.25) is 10.1 Å². The molecule has 0 aliphatic carbocycles. The highest BCUT2D eigenvalue weighted by Crippen LogP contribution is 2.26. The second kappa shape index (κ2) is 5.84. The van der Waals surface area contributed by atoms with Crippen molar-refractivity contribution in [2.24, 2.45) is 0 Å². The first-order valence-corrected chi connectivity index (χ1v) is 6.59. The summed E-state index contributed by atoms with van der Waals surface area (Å²) in [4.78, 5) is 10.6. The van der Waals surface area contributed by atoms with Gasteiger partial charge in [0.25, 0.3) is 5.69 Å². The van der Waals surface area contributed by atoms with Crippen molar-refractivity contribution in [3.8, 4) is 0 Å². The quantitative estimate of drug-likeness (QED) is 0.675. The fraction of sp³-hybridized carbons (Fsp3) is 0.143. The van der Waals surface area contributed by atoms with Crippen molar-refractivity contribution in [3.63, 3.8) is 0 Å². The molecule has 4 nitrogen and oxygen atoms in total. The maximum absolute atomic E-state index is 11.0. The van der Waals surface area contributed by atoms with Gasteiger partial charge in [0.05, 0.1) is 4.92 Å². The monoisotopic (exact) mass is 320 g/mol. The predicted octanol–water partition coefficient (Wildman–Crippen LogP) is 4.28. The number of hydrogen-bond acceptors (Lipinski definition) is 3. The van der Waals surface area contributed by atoms with Gasteiger partial charge in [-0.2, -0.15) is 0 Å². The van der Waals surface area contributed by atoms with Crippen LogP contribution in [0, 0.1) is 17.0 Å².